The predicted molar refractivity (Wildman–Crippen MR) is 51.5 cm³/mol. The monoisotopic (exact) mass is 185 g/mol. The van der Waals surface area contributed by atoms with Crippen LogP contribution in [0, 0.1) is 6.92 Å². The van der Waals surface area contributed by atoms with E-state index >= 15 is 0 Å². The number of hydrogen-bond donors (Lipinski definition) is 0. The second kappa shape index (κ2) is 4.58. The fourth-order valence-corrected chi connectivity index (χ4v) is 2.03. The number of aryl methyl sites for hydroxylation is 1. The van der Waals surface area contributed by atoms with Gasteiger partial charge in [-0.25, -0.2) is 4.98 Å². The third-order valence-corrected chi connectivity index (χ3v) is 2.80. The van der Waals surface area contributed by atoms with E-state index in [0.29, 0.717) is 0 Å². The van der Waals surface area contributed by atoms with E-state index in [1.54, 1.807) is 18.4 Å². The van der Waals surface area contributed by atoms with E-state index in [1.807, 2.05) is 6.92 Å². The van der Waals surface area contributed by atoms with Crippen molar-refractivity contribution in [2.24, 2.45) is 0 Å². The summed E-state index contributed by atoms with van der Waals surface area (Å²) >= 11 is 1.69. The van der Waals surface area contributed by atoms with Gasteiger partial charge in [0.05, 0.1) is 0 Å². The van der Waals surface area contributed by atoms with Crippen LogP contribution >= 0.6 is 11.3 Å². The molecule has 1 aromatic heterocycles. The van der Waals surface area contributed by atoms with Crippen LogP contribution in [0.1, 0.15) is 36.6 Å². The molecule has 0 amide bonds. The Morgan fingerprint density at radius 2 is 2.42 bits per heavy atom. The van der Waals surface area contributed by atoms with E-state index in [0.717, 1.165) is 23.5 Å². The summed E-state index contributed by atoms with van der Waals surface area (Å²) in [5, 5.41) is 3.17. The molecule has 68 valence electrons. The summed E-state index contributed by atoms with van der Waals surface area (Å²) in [7, 11) is 1.75. The first-order chi connectivity index (χ1) is 5.77. The standard InChI is InChI=1S/C9H15NOS/c1-4-5-8(11-3)9-10-7(2)6-12-9/h6,8H,4-5H2,1-3H3. The normalized spacial score (nSPS) is 13.2. The van der Waals surface area contributed by atoms with Gasteiger partial charge in [0.25, 0.3) is 0 Å². The topological polar surface area (TPSA) is 22.1 Å². The fraction of sp³-hybridized carbons (Fsp3) is 0.667. The molecule has 0 aliphatic rings. The van der Waals surface area contributed by atoms with Gasteiger partial charge < -0.3 is 4.74 Å². The second-order valence-corrected chi connectivity index (χ2v) is 3.73. The molecule has 0 saturated heterocycles. The van der Waals surface area contributed by atoms with Crippen LogP contribution in [-0.4, -0.2) is 12.1 Å². The van der Waals surface area contributed by atoms with E-state index in [9.17, 15) is 0 Å². The molecule has 1 unspecified atom stereocenters. The Balaban J connectivity index is 2.66. The highest BCUT2D eigenvalue weighted by Gasteiger charge is 2.12. The van der Waals surface area contributed by atoms with Gasteiger partial charge in [0.15, 0.2) is 0 Å². The summed E-state index contributed by atoms with van der Waals surface area (Å²) in [4.78, 5) is 4.39. The van der Waals surface area contributed by atoms with Crippen LogP contribution in [-0.2, 0) is 4.74 Å². The van der Waals surface area contributed by atoms with Crippen molar-refractivity contribution in [1.29, 1.82) is 0 Å². The van der Waals surface area contributed by atoms with Crippen LogP contribution in [0.15, 0.2) is 5.38 Å². The van der Waals surface area contributed by atoms with E-state index < -0.39 is 0 Å². The van der Waals surface area contributed by atoms with Crippen molar-refractivity contribution in [3.05, 3.63) is 16.1 Å². The minimum Gasteiger partial charge on any atom is -0.374 e. The molecule has 0 aromatic carbocycles. The van der Waals surface area contributed by atoms with Crippen molar-refractivity contribution in [2.75, 3.05) is 7.11 Å². The molecule has 2 nitrogen and oxygen atoms in total. The molecule has 1 heterocycles. The minimum absolute atomic E-state index is 0.202. The maximum atomic E-state index is 5.34. The molecule has 0 spiro atoms. The van der Waals surface area contributed by atoms with E-state index in [1.165, 1.54) is 0 Å². The molecule has 0 aliphatic heterocycles. The number of rotatable bonds is 4. The molecule has 1 rings (SSSR count). The van der Waals surface area contributed by atoms with E-state index in [-0.39, 0.29) is 6.10 Å². The number of nitrogens with zero attached hydrogens (tertiary/aromatic N) is 1. The minimum atomic E-state index is 0.202. The molecule has 3 heteroatoms. The van der Waals surface area contributed by atoms with Crippen LogP contribution in [0.4, 0.5) is 0 Å². The zero-order valence-corrected chi connectivity index (χ0v) is 8.65. The fourth-order valence-electron chi connectivity index (χ4n) is 1.12. The van der Waals surface area contributed by atoms with Crippen molar-refractivity contribution < 1.29 is 4.74 Å². The van der Waals surface area contributed by atoms with Crippen LogP contribution in [0.5, 0.6) is 0 Å². The summed E-state index contributed by atoms with van der Waals surface area (Å²) in [6.07, 6.45) is 2.40. The molecule has 0 fully saturated rings. The zero-order valence-electron chi connectivity index (χ0n) is 7.83. The SMILES string of the molecule is CCCC(OC)c1nc(C)cs1. The number of methoxy groups -OCH3 is 1. The lowest BCUT2D eigenvalue weighted by Gasteiger charge is -2.10. The Labute approximate surface area is 77.6 Å². The first-order valence-corrected chi connectivity index (χ1v) is 5.10. The zero-order chi connectivity index (χ0) is 8.97. The molecule has 1 aromatic rings. The highest BCUT2D eigenvalue weighted by molar-refractivity contribution is 7.09. The second-order valence-electron chi connectivity index (χ2n) is 2.84. The number of hydrogen-bond acceptors (Lipinski definition) is 3. The maximum Gasteiger partial charge on any atom is 0.122 e. The summed E-state index contributed by atoms with van der Waals surface area (Å²) in [6, 6.07) is 0. The molecule has 0 saturated carbocycles. The van der Waals surface area contributed by atoms with Gasteiger partial charge in [0.1, 0.15) is 11.1 Å². The first-order valence-electron chi connectivity index (χ1n) is 4.22. The highest BCUT2D eigenvalue weighted by atomic mass is 32.1. The first kappa shape index (κ1) is 9.68. The summed E-state index contributed by atoms with van der Waals surface area (Å²) in [5.41, 5.74) is 1.09. The molecule has 1 atom stereocenters. The molecule has 12 heavy (non-hydrogen) atoms. The maximum absolute atomic E-state index is 5.34. The van der Waals surface area contributed by atoms with Crippen LogP contribution in [0.3, 0.4) is 0 Å². The average Bonchev–Trinajstić information content (AvgIpc) is 2.47. The van der Waals surface area contributed by atoms with Crippen molar-refractivity contribution >= 4 is 11.3 Å². The van der Waals surface area contributed by atoms with Crippen molar-refractivity contribution in [1.82, 2.24) is 4.98 Å². The van der Waals surface area contributed by atoms with Crippen LogP contribution in [0.2, 0.25) is 0 Å². The van der Waals surface area contributed by atoms with Crippen molar-refractivity contribution in [3.63, 3.8) is 0 Å². The Hall–Kier alpha value is -0.410. The number of aromatic nitrogens is 1. The van der Waals surface area contributed by atoms with E-state index in [4.69, 9.17) is 4.74 Å². The largest absolute Gasteiger partial charge is 0.374 e. The Morgan fingerprint density at radius 1 is 1.67 bits per heavy atom. The Kier molecular flexibility index (Phi) is 3.69. The van der Waals surface area contributed by atoms with Crippen LogP contribution in [0.25, 0.3) is 0 Å². The number of ether oxygens (including phenoxy) is 1. The van der Waals surface area contributed by atoms with E-state index in [2.05, 4.69) is 17.3 Å². The molecule has 0 N–H and O–H groups in total. The smallest absolute Gasteiger partial charge is 0.122 e. The van der Waals surface area contributed by atoms with Crippen molar-refractivity contribution in [2.45, 2.75) is 32.8 Å². The molecule has 0 radical (unpaired) electrons. The van der Waals surface area contributed by atoms with Gasteiger partial charge in [-0.3, -0.25) is 0 Å². The van der Waals surface area contributed by atoms with Gasteiger partial charge in [-0.15, -0.1) is 11.3 Å². The number of thiazole rings is 1. The molecule has 0 bridgehead atoms. The third kappa shape index (κ3) is 2.29. The lowest BCUT2D eigenvalue weighted by atomic mass is 10.2. The summed E-state index contributed by atoms with van der Waals surface area (Å²) in [6.45, 7) is 4.17. The van der Waals surface area contributed by atoms with Gasteiger partial charge in [-0.1, -0.05) is 13.3 Å². The van der Waals surface area contributed by atoms with Gasteiger partial charge in [-0.05, 0) is 13.3 Å². The Bertz CT molecular complexity index is 234. The summed E-state index contributed by atoms with van der Waals surface area (Å²) < 4.78 is 5.34. The predicted octanol–water partition coefficient (Wildman–Crippen LogP) is 2.94. The van der Waals surface area contributed by atoms with Gasteiger partial charge in [0.2, 0.25) is 0 Å². The Morgan fingerprint density at radius 3 is 2.83 bits per heavy atom. The summed E-state index contributed by atoms with van der Waals surface area (Å²) in [5.74, 6) is 0. The molecule has 0 aliphatic carbocycles. The average molecular weight is 185 g/mol. The van der Waals surface area contributed by atoms with Crippen LogP contribution < -0.4 is 0 Å². The highest BCUT2D eigenvalue weighted by Crippen LogP contribution is 2.24. The van der Waals surface area contributed by atoms with Crippen molar-refractivity contribution in [3.8, 4) is 0 Å². The molecular weight excluding hydrogens is 170 g/mol. The van der Waals surface area contributed by atoms with Gasteiger partial charge in [0, 0.05) is 18.2 Å². The quantitative estimate of drug-likeness (QED) is 0.719. The molecular formula is C9H15NOS. The lowest BCUT2D eigenvalue weighted by Crippen LogP contribution is -2.00. The van der Waals surface area contributed by atoms with Gasteiger partial charge in [-0.2, -0.15) is 0 Å². The third-order valence-electron chi connectivity index (χ3n) is 1.75. The van der Waals surface area contributed by atoms with Gasteiger partial charge >= 0.3 is 0 Å². The lowest BCUT2D eigenvalue weighted by molar-refractivity contribution is 0.0947.